The van der Waals surface area contributed by atoms with E-state index >= 15 is 0 Å². The Morgan fingerprint density at radius 3 is 2.33 bits per heavy atom. The number of rotatable bonds is 9. The third-order valence-corrected chi connectivity index (χ3v) is 7.27. The fourth-order valence-electron chi connectivity index (χ4n) is 5.24. The highest BCUT2D eigenvalue weighted by atomic mass is 19.1. The van der Waals surface area contributed by atoms with Crippen molar-refractivity contribution in [3.63, 3.8) is 0 Å². The van der Waals surface area contributed by atoms with Crippen LogP contribution in [0.25, 0.3) is 11.4 Å². The van der Waals surface area contributed by atoms with Crippen LogP contribution in [0.5, 0.6) is 0 Å². The van der Waals surface area contributed by atoms with Crippen molar-refractivity contribution in [3.05, 3.63) is 65.7 Å². The lowest BCUT2D eigenvalue weighted by Crippen LogP contribution is -2.50. The molecule has 206 valence electrons. The molecule has 2 fully saturated rings. The molecule has 2 amide bonds. The molecule has 1 N–H and O–H groups in total. The number of carbonyl (C=O) groups is 2. The molecule has 2 atom stereocenters. The van der Waals surface area contributed by atoms with Crippen LogP contribution in [0.4, 0.5) is 8.78 Å². The number of ether oxygens (including phenoxy) is 1. The van der Waals surface area contributed by atoms with E-state index in [0.29, 0.717) is 17.7 Å². The van der Waals surface area contributed by atoms with E-state index in [1.807, 2.05) is 0 Å². The molecule has 1 saturated carbocycles. The van der Waals surface area contributed by atoms with Gasteiger partial charge in [0, 0.05) is 24.8 Å². The zero-order valence-electron chi connectivity index (χ0n) is 21.6. The molecule has 2 aliphatic rings. The second kappa shape index (κ2) is 12.4. The van der Waals surface area contributed by atoms with Gasteiger partial charge in [-0.25, -0.2) is 8.78 Å². The first-order chi connectivity index (χ1) is 19.0. The molecule has 1 saturated heterocycles. The molecule has 0 unspecified atom stereocenters. The molecule has 1 aliphatic heterocycles. The van der Waals surface area contributed by atoms with Gasteiger partial charge in [0.15, 0.2) is 0 Å². The van der Waals surface area contributed by atoms with E-state index in [9.17, 15) is 18.4 Å². The Hall–Kier alpha value is -3.73. The summed E-state index contributed by atoms with van der Waals surface area (Å²) in [7, 11) is 0. The summed E-state index contributed by atoms with van der Waals surface area (Å²) in [5.41, 5.74) is 1.07. The second-order valence-electron chi connectivity index (χ2n) is 10.1. The summed E-state index contributed by atoms with van der Waals surface area (Å²) in [5, 5.41) is 15.4. The molecule has 0 bridgehead atoms. The molecule has 3 aromatic rings. The number of carbonyl (C=O) groups excluding carboxylic acids is 2. The maximum atomic E-state index is 13.8. The summed E-state index contributed by atoms with van der Waals surface area (Å²) in [6.07, 6.45) is 6.40. The van der Waals surface area contributed by atoms with E-state index in [1.54, 1.807) is 0 Å². The Morgan fingerprint density at radius 1 is 0.974 bits per heavy atom. The van der Waals surface area contributed by atoms with Gasteiger partial charge >= 0.3 is 0 Å². The molecule has 39 heavy (non-hydrogen) atoms. The smallest absolute Gasteiger partial charge is 0.247 e. The van der Waals surface area contributed by atoms with Gasteiger partial charge in [-0.15, -0.1) is 10.2 Å². The minimum absolute atomic E-state index is 0.0316. The van der Waals surface area contributed by atoms with Crippen molar-refractivity contribution in [3.8, 4) is 11.4 Å². The van der Waals surface area contributed by atoms with Crippen LogP contribution in [0, 0.1) is 11.6 Å². The minimum Gasteiger partial charge on any atom is -0.376 e. The number of nitrogens with zero attached hydrogens (tertiary/aromatic N) is 5. The van der Waals surface area contributed by atoms with E-state index < -0.39 is 17.8 Å². The van der Waals surface area contributed by atoms with Crippen LogP contribution in [0.15, 0.2) is 48.5 Å². The Balaban J connectivity index is 1.41. The van der Waals surface area contributed by atoms with Gasteiger partial charge in [0.2, 0.25) is 17.6 Å². The van der Waals surface area contributed by atoms with Crippen molar-refractivity contribution in [2.24, 2.45) is 0 Å². The normalized spacial score (nSPS) is 18.6. The summed E-state index contributed by atoms with van der Waals surface area (Å²) in [5.74, 6) is -1.27. The van der Waals surface area contributed by atoms with Crippen molar-refractivity contribution in [2.75, 3.05) is 13.2 Å². The molecule has 0 spiro atoms. The quantitative estimate of drug-likeness (QED) is 0.445. The van der Waals surface area contributed by atoms with Crippen LogP contribution in [-0.2, 0) is 20.9 Å². The van der Waals surface area contributed by atoms with E-state index in [2.05, 4.69) is 20.7 Å². The standard InChI is InChI=1S/C28H32F2N6O3/c29-21-12-8-19(9-13-21)26(28(38)31-23-5-2-1-3-6-23)35(17-24-7-4-16-39-24)25(37)18-36-33-27(32-34-36)20-10-14-22(30)15-11-20/h8-15,23-24,26H,1-7,16-18H2,(H,31,38)/t24-,26+/m1/s1. The highest BCUT2D eigenvalue weighted by Gasteiger charge is 2.35. The zero-order chi connectivity index (χ0) is 27.2. The molecule has 1 aliphatic carbocycles. The van der Waals surface area contributed by atoms with E-state index in [0.717, 1.165) is 49.7 Å². The molecule has 9 nitrogen and oxygen atoms in total. The number of amides is 2. The highest BCUT2D eigenvalue weighted by molar-refractivity contribution is 5.89. The van der Waals surface area contributed by atoms with Crippen LogP contribution >= 0.6 is 0 Å². The number of aromatic nitrogens is 4. The molecular formula is C28H32F2N6O3. The summed E-state index contributed by atoms with van der Waals surface area (Å²) < 4.78 is 32.9. The van der Waals surface area contributed by atoms with Crippen molar-refractivity contribution in [2.45, 2.75) is 69.7 Å². The van der Waals surface area contributed by atoms with E-state index in [-0.39, 0.29) is 42.8 Å². The SMILES string of the molecule is O=C(NC1CCCCC1)[C@H](c1ccc(F)cc1)N(C[C@H]1CCCO1)C(=O)Cn1nnc(-c2ccc(F)cc2)n1. The largest absolute Gasteiger partial charge is 0.376 e. The van der Waals surface area contributed by atoms with Crippen LogP contribution in [0.2, 0.25) is 0 Å². The second-order valence-corrected chi connectivity index (χ2v) is 10.1. The predicted octanol–water partition coefficient (Wildman–Crippen LogP) is 3.82. The third kappa shape index (κ3) is 6.83. The summed E-state index contributed by atoms with van der Waals surface area (Å²) in [6, 6.07) is 10.4. The number of halogens is 2. The molecule has 2 heterocycles. The summed E-state index contributed by atoms with van der Waals surface area (Å²) in [6.45, 7) is 0.516. The Labute approximate surface area is 225 Å². The molecule has 5 rings (SSSR count). The van der Waals surface area contributed by atoms with Crippen LogP contribution in [0.1, 0.15) is 56.6 Å². The molecule has 11 heteroatoms. The topological polar surface area (TPSA) is 102 Å². The van der Waals surface area contributed by atoms with Gasteiger partial charge in [0.25, 0.3) is 0 Å². The zero-order valence-corrected chi connectivity index (χ0v) is 21.6. The van der Waals surface area contributed by atoms with Gasteiger partial charge in [0.05, 0.1) is 6.10 Å². The van der Waals surface area contributed by atoms with Crippen LogP contribution < -0.4 is 5.32 Å². The van der Waals surface area contributed by atoms with E-state index in [1.165, 1.54) is 53.4 Å². The first-order valence-electron chi connectivity index (χ1n) is 13.5. The number of hydrogen-bond donors (Lipinski definition) is 1. The molecule has 2 aromatic carbocycles. The first-order valence-corrected chi connectivity index (χ1v) is 13.5. The van der Waals surface area contributed by atoms with Gasteiger partial charge in [0.1, 0.15) is 24.2 Å². The fourth-order valence-corrected chi connectivity index (χ4v) is 5.24. The Kier molecular flexibility index (Phi) is 8.55. The highest BCUT2D eigenvalue weighted by Crippen LogP contribution is 2.27. The molecule has 1 aromatic heterocycles. The third-order valence-electron chi connectivity index (χ3n) is 7.27. The van der Waals surface area contributed by atoms with Crippen molar-refractivity contribution >= 4 is 11.8 Å². The molecule has 0 radical (unpaired) electrons. The minimum atomic E-state index is -0.982. The average Bonchev–Trinajstić information content (AvgIpc) is 3.63. The fraction of sp³-hybridized carbons (Fsp3) is 0.464. The van der Waals surface area contributed by atoms with Crippen molar-refractivity contribution in [1.29, 1.82) is 0 Å². The first kappa shape index (κ1) is 26.9. The lowest BCUT2D eigenvalue weighted by atomic mass is 9.94. The summed E-state index contributed by atoms with van der Waals surface area (Å²) in [4.78, 5) is 30.2. The monoisotopic (exact) mass is 538 g/mol. The number of hydrogen-bond acceptors (Lipinski definition) is 6. The van der Waals surface area contributed by atoms with Gasteiger partial charge in [-0.1, -0.05) is 31.4 Å². The lowest BCUT2D eigenvalue weighted by molar-refractivity contribution is -0.143. The van der Waals surface area contributed by atoms with Gasteiger partial charge in [-0.3, -0.25) is 9.59 Å². The Morgan fingerprint density at radius 2 is 1.67 bits per heavy atom. The maximum Gasteiger partial charge on any atom is 0.247 e. The maximum absolute atomic E-state index is 13.8. The number of benzene rings is 2. The predicted molar refractivity (Wildman–Crippen MR) is 138 cm³/mol. The average molecular weight is 539 g/mol. The van der Waals surface area contributed by atoms with Gasteiger partial charge in [-0.05, 0) is 72.9 Å². The number of tetrazole rings is 1. The van der Waals surface area contributed by atoms with Gasteiger partial charge in [-0.2, -0.15) is 4.80 Å². The van der Waals surface area contributed by atoms with E-state index in [4.69, 9.17) is 4.74 Å². The number of nitrogens with one attached hydrogen (secondary N) is 1. The van der Waals surface area contributed by atoms with Gasteiger partial charge < -0.3 is 15.0 Å². The summed E-state index contributed by atoms with van der Waals surface area (Å²) >= 11 is 0. The van der Waals surface area contributed by atoms with Crippen molar-refractivity contribution in [1.82, 2.24) is 30.4 Å². The van der Waals surface area contributed by atoms with Crippen LogP contribution in [-0.4, -0.2) is 62.2 Å². The Bertz CT molecular complexity index is 1260. The molecular weight excluding hydrogens is 506 g/mol. The van der Waals surface area contributed by atoms with Crippen molar-refractivity contribution < 1.29 is 23.1 Å². The lowest BCUT2D eigenvalue weighted by Gasteiger charge is -2.34. The van der Waals surface area contributed by atoms with Crippen LogP contribution in [0.3, 0.4) is 0 Å².